The van der Waals surface area contributed by atoms with Gasteiger partial charge >= 0.3 is 6.61 Å². The number of hydrogen-bond donors (Lipinski definition) is 0. The molecule has 1 aromatic carbocycles. The van der Waals surface area contributed by atoms with Crippen LogP contribution in [0.2, 0.25) is 0 Å². The highest BCUT2D eigenvalue weighted by molar-refractivity contribution is 5.42. The summed E-state index contributed by atoms with van der Waals surface area (Å²) in [6.45, 7) is 2.70. The van der Waals surface area contributed by atoms with Crippen LogP contribution in [0.15, 0.2) is 12.1 Å². The Morgan fingerprint density at radius 2 is 1.54 bits per heavy atom. The van der Waals surface area contributed by atoms with Gasteiger partial charge in [-0.05, 0) is 31.9 Å². The molecular formula is C10H12F2O. The quantitative estimate of drug-likeness (QED) is 0.689. The second kappa shape index (κ2) is 3.73. The molecule has 0 aromatic heterocycles. The molecule has 13 heavy (non-hydrogen) atoms. The summed E-state index contributed by atoms with van der Waals surface area (Å²) in [6, 6.07) is 3.65. The van der Waals surface area contributed by atoms with Gasteiger partial charge in [-0.15, -0.1) is 0 Å². The van der Waals surface area contributed by atoms with E-state index in [1.165, 1.54) is 0 Å². The predicted octanol–water partition coefficient (Wildman–Crippen LogP) is 3.21. The molecule has 1 nitrogen and oxygen atoms in total. The van der Waals surface area contributed by atoms with E-state index >= 15 is 0 Å². The topological polar surface area (TPSA) is 9.23 Å². The highest BCUT2D eigenvalue weighted by Gasteiger charge is 2.10. The Bertz CT molecular complexity index is 285. The Morgan fingerprint density at radius 3 is 1.92 bits per heavy atom. The van der Waals surface area contributed by atoms with Crippen molar-refractivity contribution < 1.29 is 13.5 Å². The van der Waals surface area contributed by atoms with E-state index in [-0.39, 0.29) is 0 Å². The molecule has 0 bridgehead atoms. The molecule has 1 rings (SSSR count). The molecule has 0 N–H and O–H groups in total. The molecule has 0 saturated heterocycles. The number of rotatable bonds is 2. The van der Waals surface area contributed by atoms with E-state index in [4.69, 9.17) is 0 Å². The molecule has 0 amide bonds. The number of alkyl halides is 2. The molecule has 0 radical (unpaired) electrons. The van der Waals surface area contributed by atoms with Gasteiger partial charge in [0.05, 0.1) is 0 Å². The molecule has 72 valence electrons. The molecule has 3 heteroatoms. The first-order valence-corrected chi connectivity index (χ1v) is 4.03. The van der Waals surface area contributed by atoms with Crippen LogP contribution in [0, 0.1) is 20.8 Å². The molecule has 0 fully saturated rings. The number of ether oxygens (including phenoxy) is 1. The third-order valence-electron chi connectivity index (χ3n) is 1.81. The normalized spacial score (nSPS) is 10.6. The fourth-order valence-electron chi connectivity index (χ4n) is 1.44. The van der Waals surface area contributed by atoms with E-state index in [9.17, 15) is 8.78 Å². The lowest BCUT2D eigenvalue weighted by molar-refractivity contribution is -0.0507. The second-order valence-corrected chi connectivity index (χ2v) is 3.11. The lowest BCUT2D eigenvalue weighted by Crippen LogP contribution is -2.05. The molecule has 0 aliphatic rings. The number of hydrogen-bond acceptors (Lipinski definition) is 1. The van der Waals surface area contributed by atoms with E-state index in [0.717, 1.165) is 16.7 Å². The third-order valence-corrected chi connectivity index (χ3v) is 1.81. The standard InChI is InChI=1S/C10H12F2O/c1-6-4-7(2)9(8(3)5-6)13-10(11)12/h4-5,10H,1-3H3. The van der Waals surface area contributed by atoms with Crippen LogP contribution in [0.1, 0.15) is 16.7 Å². The minimum Gasteiger partial charge on any atom is -0.434 e. The van der Waals surface area contributed by atoms with Crippen LogP contribution in [-0.4, -0.2) is 6.61 Å². The van der Waals surface area contributed by atoms with Crippen LogP contribution in [0.5, 0.6) is 5.75 Å². The van der Waals surface area contributed by atoms with Crippen molar-refractivity contribution in [1.82, 2.24) is 0 Å². The Labute approximate surface area is 76.3 Å². The van der Waals surface area contributed by atoms with Crippen molar-refractivity contribution in [3.05, 3.63) is 28.8 Å². The minimum absolute atomic E-state index is 0.292. The fourth-order valence-corrected chi connectivity index (χ4v) is 1.44. The summed E-state index contributed by atoms with van der Waals surface area (Å²) < 4.78 is 28.3. The highest BCUT2D eigenvalue weighted by Crippen LogP contribution is 2.25. The zero-order valence-electron chi connectivity index (χ0n) is 7.90. The average Bonchev–Trinajstić information content (AvgIpc) is 1.96. The summed E-state index contributed by atoms with van der Waals surface area (Å²) >= 11 is 0. The van der Waals surface area contributed by atoms with Crippen LogP contribution < -0.4 is 4.74 Å². The maximum atomic E-state index is 12.0. The summed E-state index contributed by atoms with van der Waals surface area (Å²) in [5.74, 6) is 0.292. The smallest absolute Gasteiger partial charge is 0.387 e. The van der Waals surface area contributed by atoms with Gasteiger partial charge in [0, 0.05) is 0 Å². The summed E-state index contributed by atoms with van der Waals surface area (Å²) in [5.41, 5.74) is 2.55. The van der Waals surface area contributed by atoms with Gasteiger partial charge in [0.15, 0.2) is 0 Å². The van der Waals surface area contributed by atoms with E-state index in [1.807, 2.05) is 19.1 Å². The molecule has 0 saturated carbocycles. The first kappa shape index (κ1) is 9.96. The van der Waals surface area contributed by atoms with Crippen LogP contribution >= 0.6 is 0 Å². The Morgan fingerprint density at radius 1 is 1.08 bits per heavy atom. The number of benzene rings is 1. The van der Waals surface area contributed by atoms with Crippen LogP contribution in [0.25, 0.3) is 0 Å². The van der Waals surface area contributed by atoms with Gasteiger partial charge in [-0.25, -0.2) is 0 Å². The SMILES string of the molecule is Cc1cc(C)c(OC(F)F)c(C)c1. The third kappa shape index (κ3) is 2.41. The van der Waals surface area contributed by atoms with E-state index in [2.05, 4.69) is 4.74 Å². The van der Waals surface area contributed by atoms with Gasteiger partial charge in [-0.2, -0.15) is 8.78 Å². The summed E-state index contributed by atoms with van der Waals surface area (Å²) in [5, 5.41) is 0. The van der Waals surface area contributed by atoms with Gasteiger partial charge in [-0.3, -0.25) is 0 Å². The number of halogens is 2. The minimum atomic E-state index is -2.75. The van der Waals surface area contributed by atoms with Gasteiger partial charge in [0.2, 0.25) is 0 Å². The van der Waals surface area contributed by atoms with Crippen molar-refractivity contribution >= 4 is 0 Å². The van der Waals surface area contributed by atoms with Crippen molar-refractivity contribution in [3.63, 3.8) is 0 Å². The molecule has 0 atom stereocenters. The van der Waals surface area contributed by atoms with E-state index < -0.39 is 6.61 Å². The Balaban J connectivity index is 3.06. The molecule has 0 heterocycles. The Kier molecular flexibility index (Phi) is 2.86. The molecule has 0 aliphatic heterocycles. The molecule has 1 aromatic rings. The van der Waals surface area contributed by atoms with Crippen molar-refractivity contribution in [3.8, 4) is 5.75 Å². The highest BCUT2D eigenvalue weighted by atomic mass is 19.3. The first-order chi connectivity index (χ1) is 6.00. The summed E-state index contributed by atoms with van der Waals surface area (Å²) in [6.07, 6.45) is 0. The summed E-state index contributed by atoms with van der Waals surface area (Å²) in [7, 11) is 0. The lowest BCUT2D eigenvalue weighted by Gasteiger charge is -2.11. The van der Waals surface area contributed by atoms with Crippen molar-refractivity contribution in [2.24, 2.45) is 0 Å². The molecule has 0 unspecified atom stereocenters. The molecule has 0 spiro atoms. The van der Waals surface area contributed by atoms with E-state index in [0.29, 0.717) is 5.75 Å². The zero-order valence-corrected chi connectivity index (χ0v) is 7.90. The van der Waals surface area contributed by atoms with Crippen molar-refractivity contribution in [2.45, 2.75) is 27.4 Å². The second-order valence-electron chi connectivity index (χ2n) is 3.11. The van der Waals surface area contributed by atoms with Crippen LogP contribution in [0.3, 0.4) is 0 Å². The first-order valence-electron chi connectivity index (χ1n) is 4.03. The Hall–Kier alpha value is -1.12. The van der Waals surface area contributed by atoms with Gasteiger partial charge in [-0.1, -0.05) is 17.7 Å². The fraction of sp³-hybridized carbons (Fsp3) is 0.400. The molecular weight excluding hydrogens is 174 g/mol. The predicted molar refractivity (Wildman–Crippen MR) is 47.3 cm³/mol. The van der Waals surface area contributed by atoms with Gasteiger partial charge in [0.1, 0.15) is 5.75 Å². The monoisotopic (exact) mass is 186 g/mol. The van der Waals surface area contributed by atoms with Crippen molar-refractivity contribution in [1.29, 1.82) is 0 Å². The van der Waals surface area contributed by atoms with Gasteiger partial charge in [0.25, 0.3) is 0 Å². The van der Waals surface area contributed by atoms with Gasteiger partial charge < -0.3 is 4.74 Å². The summed E-state index contributed by atoms with van der Waals surface area (Å²) in [4.78, 5) is 0. The zero-order chi connectivity index (χ0) is 10.0. The maximum absolute atomic E-state index is 12.0. The van der Waals surface area contributed by atoms with Crippen LogP contribution in [0.4, 0.5) is 8.78 Å². The number of aryl methyl sites for hydroxylation is 3. The van der Waals surface area contributed by atoms with Crippen molar-refractivity contribution in [2.75, 3.05) is 0 Å². The van der Waals surface area contributed by atoms with Crippen LogP contribution in [-0.2, 0) is 0 Å². The maximum Gasteiger partial charge on any atom is 0.387 e. The van der Waals surface area contributed by atoms with E-state index in [1.54, 1.807) is 13.8 Å². The largest absolute Gasteiger partial charge is 0.434 e. The average molecular weight is 186 g/mol. The lowest BCUT2D eigenvalue weighted by atomic mass is 10.1. The molecule has 0 aliphatic carbocycles.